The molecule has 1 saturated carbocycles. The summed E-state index contributed by atoms with van der Waals surface area (Å²) in [6.07, 6.45) is 0.936. The number of methoxy groups -OCH3 is 4. The lowest BCUT2D eigenvalue weighted by Gasteiger charge is -2.43. The van der Waals surface area contributed by atoms with Gasteiger partial charge in [-0.15, -0.1) is 0 Å². The number of esters is 1. The highest BCUT2D eigenvalue weighted by molar-refractivity contribution is 5.89. The third-order valence-electron chi connectivity index (χ3n) is 4.96. The first-order valence-corrected chi connectivity index (χ1v) is 7.74. The van der Waals surface area contributed by atoms with Gasteiger partial charge in [-0.2, -0.15) is 0 Å². The minimum atomic E-state index is -0.890. The Hall–Kier alpha value is -1.64. The summed E-state index contributed by atoms with van der Waals surface area (Å²) in [5.41, 5.74) is -0.473. The molecule has 1 fully saturated rings. The quantitative estimate of drug-likeness (QED) is 0.690. The SMILES string of the molecule is COC(=O)C1=COC(OC)C2C1CC(OC)C2(CNC(C)=O)OC. The lowest BCUT2D eigenvalue weighted by Crippen LogP contribution is -2.58. The maximum absolute atomic E-state index is 12.1. The highest BCUT2D eigenvalue weighted by Gasteiger charge is 2.62. The summed E-state index contributed by atoms with van der Waals surface area (Å²) in [4.78, 5) is 23.5. The molecule has 0 radical (unpaired) electrons. The Balaban J connectivity index is 2.44. The van der Waals surface area contributed by atoms with Crippen molar-refractivity contribution < 1.29 is 33.3 Å². The van der Waals surface area contributed by atoms with Gasteiger partial charge in [0.05, 0.1) is 31.0 Å². The molecule has 1 N–H and O–H groups in total. The number of nitrogens with one attached hydrogen (secondary N) is 1. The Morgan fingerprint density at radius 2 is 2.00 bits per heavy atom. The van der Waals surface area contributed by atoms with E-state index in [9.17, 15) is 9.59 Å². The van der Waals surface area contributed by atoms with Crippen molar-refractivity contribution in [3.05, 3.63) is 11.8 Å². The number of ether oxygens (including phenoxy) is 5. The maximum Gasteiger partial charge on any atom is 0.337 e. The molecule has 136 valence electrons. The molecule has 8 nitrogen and oxygen atoms in total. The van der Waals surface area contributed by atoms with E-state index in [0.29, 0.717) is 12.0 Å². The Bertz CT molecular complexity index is 521. The second-order valence-electron chi connectivity index (χ2n) is 5.97. The first kappa shape index (κ1) is 18.7. The van der Waals surface area contributed by atoms with Crippen molar-refractivity contribution in [3.63, 3.8) is 0 Å². The van der Waals surface area contributed by atoms with Crippen LogP contribution in [0.25, 0.3) is 0 Å². The minimum absolute atomic E-state index is 0.181. The summed E-state index contributed by atoms with van der Waals surface area (Å²) >= 11 is 0. The standard InChI is InChI=1S/C16H25NO7/c1-9(18)17-8-16(23-5)12(20-2)6-10-11(14(19)21-3)7-24-15(22-4)13(10)16/h7,10,12-13,15H,6,8H2,1-5H3,(H,17,18). The topological polar surface area (TPSA) is 92.3 Å². The van der Waals surface area contributed by atoms with E-state index in [-0.39, 0.29) is 30.4 Å². The van der Waals surface area contributed by atoms with Crippen molar-refractivity contribution in [3.8, 4) is 0 Å². The van der Waals surface area contributed by atoms with Crippen LogP contribution in [0.2, 0.25) is 0 Å². The zero-order chi connectivity index (χ0) is 17.9. The molecule has 0 aromatic rings. The number of hydrogen-bond donors (Lipinski definition) is 1. The zero-order valence-corrected chi connectivity index (χ0v) is 14.7. The van der Waals surface area contributed by atoms with Gasteiger partial charge in [-0.3, -0.25) is 4.79 Å². The van der Waals surface area contributed by atoms with Gasteiger partial charge in [-0.1, -0.05) is 0 Å². The molecular weight excluding hydrogens is 318 g/mol. The fourth-order valence-electron chi connectivity index (χ4n) is 3.83. The van der Waals surface area contributed by atoms with E-state index >= 15 is 0 Å². The maximum atomic E-state index is 12.1. The number of hydrogen-bond acceptors (Lipinski definition) is 7. The molecule has 0 saturated heterocycles. The van der Waals surface area contributed by atoms with Crippen molar-refractivity contribution in [2.75, 3.05) is 35.0 Å². The number of amides is 1. The Labute approximate surface area is 141 Å². The molecule has 1 amide bonds. The van der Waals surface area contributed by atoms with Gasteiger partial charge in [0.15, 0.2) is 0 Å². The van der Waals surface area contributed by atoms with Crippen LogP contribution >= 0.6 is 0 Å². The van der Waals surface area contributed by atoms with Crippen molar-refractivity contribution in [1.29, 1.82) is 0 Å². The average Bonchev–Trinajstić information content (AvgIpc) is 2.93. The van der Waals surface area contributed by atoms with Crippen LogP contribution in [0.15, 0.2) is 11.8 Å². The number of fused-ring (bicyclic) bond motifs is 1. The molecule has 5 atom stereocenters. The van der Waals surface area contributed by atoms with Crippen LogP contribution in [-0.4, -0.2) is 64.9 Å². The largest absolute Gasteiger partial charge is 0.472 e. The second kappa shape index (κ2) is 7.50. The molecular formula is C16H25NO7. The highest BCUT2D eigenvalue weighted by atomic mass is 16.7. The summed E-state index contributed by atoms with van der Waals surface area (Å²) < 4.78 is 27.4. The fourth-order valence-corrected chi connectivity index (χ4v) is 3.83. The van der Waals surface area contributed by atoms with Crippen molar-refractivity contribution in [2.45, 2.75) is 31.3 Å². The van der Waals surface area contributed by atoms with Gasteiger partial charge in [0.1, 0.15) is 5.60 Å². The monoisotopic (exact) mass is 343 g/mol. The van der Waals surface area contributed by atoms with Crippen LogP contribution in [0, 0.1) is 11.8 Å². The van der Waals surface area contributed by atoms with Crippen LogP contribution in [0.5, 0.6) is 0 Å². The number of carbonyl (C=O) groups is 2. The lowest BCUT2D eigenvalue weighted by atomic mass is 9.79. The molecule has 0 aromatic heterocycles. The van der Waals surface area contributed by atoms with E-state index in [0.717, 1.165) is 0 Å². The summed E-state index contributed by atoms with van der Waals surface area (Å²) in [6.45, 7) is 1.65. The Morgan fingerprint density at radius 3 is 2.50 bits per heavy atom. The molecule has 5 unspecified atom stereocenters. The van der Waals surface area contributed by atoms with Crippen LogP contribution in [0.1, 0.15) is 13.3 Å². The second-order valence-corrected chi connectivity index (χ2v) is 5.97. The smallest absolute Gasteiger partial charge is 0.337 e. The van der Waals surface area contributed by atoms with Crippen LogP contribution in [-0.2, 0) is 33.3 Å². The third-order valence-corrected chi connectivity index (χ3v) is 4.96. The van der Waals surface area contributed by atoms with E-state index in [1.807, 2.05) is 0 Å². The van der Waals surface area contributed by atoms with E-state index in [4.69, 9.17) is 23.7 Å². The predicted molar refractivity (Wildman–Crippen MR) is 82.8 cm³/mol. The summed E-state index contributed by atoms with van der Waals surface area (Å²) in [5, 5.41) is 2.79. The summed E-state index contributed by atoms with van der Waals surface area (Å²) in [7, 11) is 5.98. The third kappa shape index (κ3) is 3.01. The zero-order valence-electron chi connectivity index (χ0n) is 14.7. The Kier molecular flexibility index (Phi) is 5.84. The van der Waals surface area contributed by atoms with Crippen LogP contribution in [0.4, 0.5) is 0 Å². The summed E-state index contributed by atoms with van der Waals surface area (Å²) in [5.74, 6) is -1.21. The van der Waals surface area contributed by atoms with E-state index < -0.39 is 17.9 Å². The molecule has 1 aliphatic heterocycles. The molecule has 0 aromatic carbocycles. The summed E-state index contributed by atoms with van der Waals surface area (Å²) in [6, 6.07) is 0. The van der Waals surface area contributed by atoms with Crippen LogP contribution in [0.3, 0.4) is 0 Å². The lowest BCUT2D eigenvalue weighted by molar-refractivity contribution is -0.208. The van der Waals surface area contributed by atoms with Gasteiger partial charge in [0.2, 0.25) is 12.2 Å². The highest BCUT2D eigenvalue weighted by Crippen LogP contribution is 2.51. The van der Waals surface area contributed by atoms with Gasteiger partial charge in [-0.25, -0.2) is 4.79 Å². The van der Waals surface area contributed by atoms with Gasteiger partial charge >= 0.3 is 5.97 Å². The Morgan fingerprint density at radius 1 is 1.29 bits per heavy atom. The van der Waals surface area contributed by atoms with Crippen molar-refractivity contribution in [1.82, 2.24) is 5.32 Å². The van der Waals surface area contributed by atoms with Gasteiger partial charge in [0.25, 0.3) is 0 Å². The molecule has 8 heteroatoms. The molecule has 0 spiro atoms. The first-order chi connectivity index (χ1) is 11.4. The minimum Gasteiger partial charge on any atom is -0.472 e. The van der Waals surface area contributed by atoms with Crippen molar-refractivity contribution >= 4 is 11.9 Å². The van der Waals surface area contributed by atoms with Gasteiger partial charge < -0.3 is 29.0 Å². The molecule has 0 bridgehead atoms. The molecule has 1 aliphatic carbocycles. The molecule has 2 aliphatic rings. The average molecular weight is 343 g/mol. The van der Waals surface area contributed by atoms with Gasteiger partial charge in [0, 0.05) is 40.7 Å². The number of carbonyl (C=O) groups excluding carboxylic acids is 2. The van der Waals surface area contributed by atoms with Crippen molar-refractivity contribution in [2.24, 2.45) is 11.8 Å². The van der Waals surface area contributed by atoms with Gasteiger partial charge in [-0.05, 0) is 6.42 Å². The normalized spacial score (nSPS) is 34.8. The van der Waals surface area contributed by atoms with E-state index in [2.05, 4.69) is 5.32 Å². The molecule has 24 heavy (non-hydrogen) atoms. The predicted octanol–water partition coefficient (Wildman–Crippen LogP) is 0.218. The fraction of sp³-hybridized carbons (Fsp3) is 0.750. The van der Waals surface area contributed by atoms with E-state index in [1.54, 1.807) is 14.2 Å². The molecule has 2 rings (SSSR count). The molecule has 1 heterocycles. The van der Waals surface area contributed by atoms with Crippen LogP contribution < -0.4 is 5.32 Å². The first-order valence-electron chi connectivity index (χ1n) is 7.74. The number of rotatable bonds is 6. The van der Waals surface area contributed by atoms with E-state index in [1.165, 1.54) is 27.4 Å².